The van der Waals surface area contributed by atoms with Crippen molar-refractivity contribution in [3.05, 3.63) is 19.8 Å². The molecule has 1 heterocycles. The van der Waals surface area contributed by atoms with Crippen LogP contribution in [0.15, 0.2) is 10.5 Å². The first-order valence-electron chi connectivity index (χ1n) is 6.25. The van der Waals surface area contributed by atoms with Gasteiger partial charge in [0.15, 0.2) is 0 Å². The van der Waals surface area contributed by atoms with Gasteiger partial charge in [-0.25, -0.2) is 0 Å². The fourth-order valence-corrected chi connectivity index (χ4v) is 5.19. The molecule has 1 aromatic rings. The first-order valence-corrected chi connectivity index (χ1v) is 9.16. The average molecular weight is 401 g/mol. The summed E-state index contributed by atoms with van der Waals surface area (Å²) in [6, 6.07) is 2.16. The van der Waals surface area contributed by atoms with Crippen LogP contribution >= 0.6 is 54.8 Å². The Bertz CT molecular complexity index is 337. The van der Waals surface area contributed by atoms with Crippen molar-refractivity contribution in [3.63, 3.8) is 0 Å². The van der Waals surface area contributed by atoms with E-state index in [1.165, 1.54) is 49.8 Å². The minimum Gasteiger partial charge on any atom is -0.126 e. The van der Waals surface area contributed by atoms with Crippen molar-refractivity contribution in [1.29, 1.82) is 0 Å². The molecule has 0 amide bonds. The molecule has 0 spiro atoms. The summed E-state index contributed by atoms with van der Waals surface area (Å²) < 4.78 is 1.90. The van der Waals surface area contributed by atoms with Gasteiger partial charge in [-0.2, -0.15) is 0 Å². The van der Waals surface area contributed by atoms with Gasteiger partial charge in [-0.15, -0.1) is 11.3 Å². The van der Waals surface area contributed by atoms with Crippen LogP contribution in [0.1, 0.15) is 54.7 Å². The number of halogens is 3. The Hall–Kier alpha value is 0.950. The third-order valence-corrected chi connectivity index (χ3v) is 7.25. The van der Waals surface area contributed by atoms with E-state index in [0.717, 1.165) is 14.7 Å². The highest BCUT2D eigenvalue weighted by molar-refractivity contribution is 9.10. The van der Waals surface area contributed by atoms with E-state index >= 15 is 0 Å². The van der Waals surface area contributed by atoms with Crippen LogP contribution in [0.25, 0.3) is 0 Å². The molecule has 1 atom stereocenters. The van der Waals surface area contributed by atoms with Crippen molar-refractivity contribution in [2.75, 3.05) is 0 Å². The molecule has 0 saturated heterocycles. The first kappa shape index (κ1) is 14.4. The van der Waals surface area contributed by atoms with E-state index < -0.39 is 0 Å². The predicted octanol–water partition coefficient (Wildman–Crippen LogP) is 6.96. The molecule has 1 unspecified atom stereocenters. The predicted molar refractivity (Wildman–Crippen MR) is 84.5 cm³/mol. The average Bonchev–Trinajstić information content (AvgIpc) is 2.54. The zero-order valence-corrected chi connectivity index (χ0v) is 14.5. The number of alkyl halides is 1. The fraction of sp³-hybridized carbons (Fsp3) is 0.692. The highest BCUT2D eigenvalue weighted by atomic mass is 79.9. The Morgan fingerprint density at radius 3 is 2.47 bits per heavy atom. The minimum atomic E-state index is 0.472. The largest absolute Gasteiger partial charge is 0.126 e. The van der Waals surface area contributed by atoms with Gasteiger partial charge in [0.25, 0.3) is 0 Å². The Morgan fingerprint density at radius 1 is 1.29 bits per heavy atom. The standard InChI is InChI=1S/C13H17Br2ClS/c14-10(12-8-11(15)13(16)17-12)7-9-5-3-1-2-4-6-9/h8-10H,1-7H2. The SMILES string of the molecule is Clc1sc(C(Br)CC2CCCCCC2)cc1Br. The molecule has 1 aliphatic rings. The van der Waals surface area contributed by atoms with Gasteiger partial charge < -0.3 is 0 Å². The minimum absolute atomic E-state index is 0.472. The lowest BCUT2D eigenvalue weighted by Gasteiger charge is -2.17. The van der Waals surface area contributed by atoms with Crippen LogP contribution in [0.3, 0.4) is 0 Å². The molecule has 0 radical (unpaired) electrons. The normalized spacial score (nSPS) is 20.2. The smallest absolute Gasteiger partial charge is 0.107 e. The second kappa shape index (κ2) is 6.93. The van der Waals surface area contributed by atoms with Crippen LogP contribution in [0.4, 0.5) is 0 Å². The maximum absolute atomic E-state index is 6.09. The maximum Gasteiger partial charge on any atom is 0.107 e. The molecular weight excluding hydrogens is 383 g/mol. The van der Waals surface area contributed by atoms with Crippen LogP contribution < -0.4 is 0 Å². The van der Waals surface area contributed by atoms with Crippen molar-refractivity contribution < 1.29 is 0 Å². The quantitative estimate of drug-likeness (QED) is 0.380. The van der Waals surface area contributed by atoms with Gasteiger partial charge >= 0.3 is 0 Å². The van der Waals surface area contributed by atoms with E-state index in [2.05, 4.69) is 37.9 Å². The van der Waals surface area contributed by atoms with E-state index in [9.17, 15) is 0 Å². The highest BCUT2D eigenvalue weighted by Crippen LogP contribution is 2.42. The van der Waals surface area contributed by atoms with Gasteiger partial charge in [-0.3, -0.25) is 0 Å². The third kappa shape index (κ3) is 4.22. The molecule has 2 rings (SSSR count). The summed E-state index contributed by atoms with van der Waals surface area (Å²) in [4.78, 5) is 1.82. The zero-order chi connectivity index (χ0) is 12.3. The Morgan fingerprint density at radius 2 is 1.94 bits per heavy atom. The van der Waals surface area contributed by atoms with Crippen LogP contribution in [0.2, 0.25) is 4.34 Å². The summed E-state index contributed by atoms with van der Waals surface area (Å²) in [5.41, 5.74) is 0. The first-order chi connectivity index (χ1) is 8.16. The van der Waals surface area contributed by atoms with Gasteiger partial charge in [0.1, 0.15) is 4.34 Å². The summed E-state index contributed by atoms with van der Waals surface area (Å²) in [6.45, 7) is 0. The Labute approximate surface area is 129 Å². The molecule has 1 saturated carbocycles. The van der Waals surface area contributed by atoms with Gasteiger partial charge in [0.2, 0.25) is 0 Å². The van der Waals surface area contributed by atoms with E-state index in [4.69, 9.17) is 11.6 Å². The van der Waals surface area contributed by atoms with Crippen molar-refractivity contribution in [1.82, 2.24) is 0 Å². The topological polar surface area (TPSA) is 0 Å². The lowest BCUT2D eigenvalue weighted by Crippen LogP contribution is -2.02. The summed E-state index contributed by atoms with van der Waals surface area (Å²) >= 11 is 15.1. The molecule has 0 aromatic carbocycles. The number of rotatable bonds is 3. The maximum atomic E-state index is 6.09. The second-order valence-electron chi connectivity index (χ2n) is 4.83. The van der Waals surface area contributed by atoms with Crippen molar-refractivity contribution in [3.8, 4) is 0 Å². The lowest BCUT2D eigenvalue weighted by atomic mass is 9.95. The van der Waals surface area contributed by atoms with Gasteiger partial charge in [-0.1, -0.05) is 66.1 Å². The third-order valence-electron chi connectivity index (χ3n) is 3.49. The highest BCUT2D eigenvalue weighted by Gasteiger charge is 2.19. The molecule has 4 heteroatoms. The van der Waals surface area contributed by atoms with Gasteiger partial charge in [0, 0.05) is 14.2 Å². The van der Waals surface area contributed by atoms with Crippen molar-refractivity contribution >= 4 is 54.8 Å². The number of thiophene rings is 1. The van der Waals surface area contributed by atoms with E-state index in [1.807, 2.05) is 0 Å². The molecule has 1 fully saturated rings. The molecule has 1 aromatic heterocycles. The van der Waals surface area contributed by atoms with Crippen molar-refractivity contribution in [2.45, 2.75) is 49.8 Å². The lowest BCUT2D eigenvalue weighted by molar-refractivity contribution is 0.428. The molecular formula is C13H17Br2ClS. The number of hydrogen-bond donors (Lipinski definition) is 0. The molecule has 0 bridgehead atoms. The van der Waals surface area contributed by atoms with E-state index in [1.54, 1.807) is 11.3 Å². The monoisotopic (exact) mass is 398 g/mol. The fourth-order valence-electron chi connectivity index (χ4n) is 2.53. The molecule has 17 heavy (non-hydrogen) atoms. The Kier molecular flexibility index (Phi) is 5.85. The van der Waals surface area contributed by atoms with Crippen LogP contribution in [0, 0.1) is 5.92 Å². The van der Waals surface area contributed by atoms with Gasteiger partial charge in [-0.05, 0) is 34.3 Å². The summed E-state index contributed by atoms with van der Waals surface area (Å²) in [6.07, 6.45) is 9.76. The molecule has 0 N–H and O–H groups in total. The molecule has 0 aliphatic heterocycles. The Balaban J connectivity index is 1.93. The van der Waals surface area contributed by atoms with Crippen LogP contribution in [-0.2, 0) is 0 Å². The molecule has 1 aliphatic carbocycles. The van der Waals surface area contributed by atoms with E-state index in [-0.39, 0.29) is 0 Å². The van der Waals surface area contributed by atoms with Crippen molar-refractivity contribution in [2.24, 2.45) is 5.92 Å². The molecule has 0 nitrogen and oxygen atoms in total. The van der Waals surface area contributed by atoms with Crippen LogP contribution in [0.5, 0.6) is 0 Å². The van der Waals surface area contributed by atoms with Gasteiger partial charge in [0.05, 0.1) is 0 Å². The van der Waals surface area contributed by atoms with Crippen LogP contribution in [-0.4, -0.2) is 0 Å². The summed E-state index contributed by atoms with van der Waals surface area (Å²) in [7, 11) is 0. The molecule has 96 valence electrons. The second-order valence-corrected chi connectivity index (χ2v) is 8.48. The number of hydrogen-bond acceptors (Lipinski definition) is 1. The summed E-state index contributed by atoms with van der Waals surface area (Å²) in [5.74, 6) is 0.890. The van der Waals surface area contributed by atoms with E-state index in [0.29, 0.717) is 4.83 Å². The zero-order valence-electron chi connectivity index (χ0n) is 9.72. The summed E-state index contributed by atoms with van der Waals surface area (Å²) in [5, 5.41) is 0.